The van der Waals surface area contributed by atoms with Crippen molar-refractivity contribution >= 4 is 23.9 Å². The number of ether oxygens (including phenoxy) is 11. The van der Waals surface area contributed by atoms with Crippen molar-refractivity contribution in [2.24, 2.45) is 0 Å². The van der Waals surface area contributed by atoms with Gasteiger partial charge in [0.1, 0.15) is 37.1 Å². The molecule has 4 saturated heterocycles. The van der Waals surface area contributed by atoms with E-state index in [0.29, 0.717) is 0 Å². The lowest BCUT2D eigenvalue weighted by atomic mass is 9.97. The predicted octanol–water partition coefficient (Wildman–Crippen LogP) is 5.66. The maximum atomic E-state index is 14.0. The van der Waals surface area contributed by atoms with Crippen LogP contribution in [-0.4, -0.2) is 110 Å². The SMILES string of the molecule is CC1(C)O[C@H]2[C@@H](O1)[C@@H](CO[C@H]1O[C@H](COC(=O)c3ccccc3)[C@@H](OC(=O)c3ccccc3)[C@H](OC(=O)c3ccccc3)[C@H]1OC(=O)c1ccccc1)O[C@@H]1OC(C)(C)O[C@@H]12. The van der Waals surface area contributed by atoms with Crippen molar-refractivity contribution in [1.29, 1.82) is 0 Å². The molecule has 8 rings (SSSR count). The summed E-state index contributed by atoms with van der Waals surface area (Å²) in [5, 5.41) is 0. The fraction of sp³-hybridized carbons (Fsp3) is 0.391. The Labute approximate surface area is 352 Å². The van der Waals surface area contributed by atoms with E-state index in [2.05, 4.69) is 0 Å². The number of esters is 4. The molecule has 4 aromatic rings. The van der Waals surface area contributed by atoms with Crippen LogP contribution in [0.2, 0.25) is 0 Å². The van der Waals surface area contributed by atoms with Gasteiger partial charge in [-0.05, 0) is 76.2 Å². The summed E-state index contributed by atoms with van der Waals surface area (Å²) in [6.07, 6.45) is -11.3. The van der Waals surface area contributed by atoms with E-state index in [0.717, 1.165) is 0 Å². The van der Waals surface area contributed by atoms with Gasteiger partial charge in [-0.15, -0.1) is 0 Å². The summed E-state index contributed by atoms with van der Waals surface area (Å²) < 4.78 is 68.4. The average Bonchev–Trinajstić information content (AvgIpc) is 3.78. The summed E-state index contributed by atoms with van der Waals surface area (Å²) in [7, 11) is 0. The highest BCUT2D eigenvalue weighted by Crippen LogP contribution is 2.44. The maximum Gasteiger partial charge on any atom is 0.338 e. The molecule has 4 aliphatic rings. The fourth-order valence-corrected chi connectivity index (χ4v) is 7.68. The van der Waals surface area contributed by atoms with Gasteiger partial charge in [-0.3, -0.25) is 0 Å². The van der Waals surface area contributed by atoms with Crippen molar-refractivity contribution in [3.63, 3.8) is 0 Å². The summed E-state index contributed by atoms with van der Waals surface area (Å²) >= 11 is 0. The van der Waals surface area contributed by atoms with Crippen molar-refractivity contribution in [3.8, 4) is 0 Å². The molecule has 0 aliphatic carbocycles. The molecule has 15 heteroatoms. The second kappa shape index (κ2) is 17.8. The maximum absolute atomic E-state index is 14.0. The van der Waals surface area contributed by atoms with E-state index in [4.69, 9.17) is 52.1 Å². The van der Waals surface area contributed by atoms with E-state index in [-0.39, 0.29) is 28.9 Å². The highest BCUT2D eigenvalue weighted by atomic mass is 16.9. The highest BCUT2D eigenvalue weighted by Gasteiger charge is 2.61. The minimum Gasteiger partial charge on any atom is -0.459 e. The molecule has 0 spiro atoms. The van der Waals surface area contributed by atoms with Gasteiger partial charge in [0.15, 0.2) is 42.5 Å². The molecule has 0 N–H and O–H groups in total. The predicted molar refractivity (Wildman–Crippen MR) is 211 cm³/mol. The minimum atomic E-state index is -1.60. The number of hydrogen-bond acceptors (Lipinski definition) is 15. The Morgan fingerprint density at radius 3 is 1.41 bits per heavy atom. The monoisotopic (exact) mass is 838 g/mol. The fourth-order valence-electron chi connectivity index (χ4n) is 7.68. The normalized spacial score (nSPS) is 29.6. The van der Waals surface area contributed by atoms with Gasteiger partial charge in [-0.2, -0.15) is 0 Å². The Hall–Kier alpha value is -5.52. The average molecular weight is 839 g/mol. The van der Waals surface area contributed by atoms with Crippen LogP contribution in [0.25, 0.3) is 0 Å². The first-order valence-corrected chi connectivity index (χ1v) is 20.0. The van der Waals surface area contributed by atoms with Gasteiger partial charge in [-0.25, -0.2) is 19.2 Å². The van der Waals surface area contributed by atoms with Gasteiger partial charge in [0.25, 0.3) is 0 Å². The lowest BCUT2D eigenvalue weighted by molar-refractivity contribution is -0.313. The van der Waals surface area contributed by atoms with E-state index in [1.165, 1.54) is 12.1 Å². The molecule has 0 amide bonds. The number of carbonyl (C=O) groups is 4. The van der Waals surface area contributed by atoms with Crippen molar-refractivity contribution < 1.29 is 71.3 Å². The lowest BCUT2D eigenvalue weighted by Gasteiger charge is -2.45. The molecule has 0 radical (unpaired) electrons. The Bertz CT molecular complexity index is 2150. The molecule has 10 atom stereocenters. The molecule has 0 bridgehead atoms. The van der Waals surface area contributed by atoms with Gasteiger partial charge >= 0.3 is 23.9 Å². The first-order chi connectivity index (χ1) is 29.3. The largest absolute Gasteiger partial charge is 0.459 e. The van der Waals surface area contributed by atoms with E-state index >= 15 is 0 Å². The summed E-state index contributed by atoms with van der Waals surface area (Å²) in [5.74, 6) is -5.18. The molecule has 61 heavy (non-hydrogen) atoms. The summed E-state index contributed by atoms with van der Waals surface area (Å²) in [5.41, 5.74) is 0.724. The van der Waals surface area contributed by atoms with E-state index < -0.39 is 103 Å². The molecular weight excluding hydrogens is 792 g/mol. The molecule has 4 fully saturated rings. The Kier molecular flexibility index (Phi) is 12.3. The number of fused-ring (bicyclic) bond motifs is 3. The smallest absolute Gasteiger partial charge is 0.338 e. The second-order valence-corrected chi connectivity index (χ2v) is 15.8. The topological polar surface area (TPSA) is 170 Å². The van der Waals surface area contributed by atoms with Gasteiger partial charge in [-0.1, -0.05) is 72.8 Å². The summed E-state index contributed by atoms with van der Waals surface area (Å²) in [6.45, 7) is 6.29. The zero-order valence-electron chi connectivity index (χ0n) is 33.9. The van der Waals surface area contributed by atoms with Crippen LogP contribution in [0.3, 0.4) is 0 Å². The van der Waals surface area contributed by atoms with Gasteiger partial charge in [0.05, 0.1) is 28.9 Å². The molecule has 4 heterocycles. The summed E-state index contributed by atoms with van der Waals surface area (Å²) in [6, 6.07) is 32.6. The molecule has 15 nitrogen and oxygen atoms in total. The highest BCUT2D eigenvalue weighted by molar-refractivity contribution is 5.91. The first kappa shape index (κ1) is 42.2. The van der Waals surface area contributed by atoms with Gasteiger partial charge in [0, 0.05) is 0 Å². The third kappa shape index (κ3) is 9.68. The zero-order chi connectivity index (χ0) is 42.7. The van der Waals surface area contributed by atoms with Gasteiger partial charge in [0.2, 0.25) is 0 Å². The quantitative estimate of drug-likeness (QED) is 0.126. The van der Waals surface area contributed by atoms with Crippen molar-refractivity contribution in [1.82, 2.24) is 0 Å². The van der Waals surface area contributed by atoms with E-state index in [9.17, 15) is 19.2 Å². The van der Waals surface area contributed by atoms with Crippen LogP contribution in [0.4, 0.5) is 0 Å². The Morgan fingerprint density at radius 1 is 0.459 bits per heavy atom. The zero-order valence-corrected chi connectivity index (χ0v) is 33.9. The van der Waals surface area contributed by atoms with Crippen molar-refractivity contribution in [2.75, 3.05) is 13.2 Å². The Morgan fingerprint density at radius 2 is 0.885 bits per heavy atom. The molecule has 320 valence electrons. The molecule has 0 aromatic heterocycles. The summed E-state index contributed by atoms with van der Waals surface area (Å²) in [4.78, 5) is 55.1. The van der Waals surface area contributed by atoms with Crippen LogP contribution >= 0.6 is 0 Å². The second-order valence-electron chi connectivity index (χ2n) is 15.8. The number of hydrogen-bond donors (Lipinski definition) is 0. The molecule has 0 saturated carbocycles. The van der Waals surface area contributed by atoms with Crippen LogP contribution in [0, 0.1) is 0 Å². The van der Waals surface area contributed by atoms with Crippen LogP contribution in [0.1, 0.15) is 69.1 Å². The van der Waals surface area contributed by atoms with Crippen LogP contribution < -0.4 is 0 Å². The third-order valence-electron chi connectivity index (χ3n) is 10.4. The number of carbonyl (C=O) groups excluding carboxylic acids is 4. The molecule has 0 unspecified atom stereocenters. The minimum absolute atomic E-state index is 0.152. The first-order valence-electron chi connectivity index (χ1n) is 20.0. The molecule has 4 aliphatic heterocycles. The standard InChI is InChI=1S/C46H46O15/c1-45(2)58-34-32(54-44-38(36(34)59-45)60-46(3,4)61-44)26-52-43-37(57-42(50)30-23-15-8-16-24-30)35(56-41(49)29-21-13-7-14-22-29)33(55-40(48)28-19-11-6-12-20-28)31(53-43)25-51-39(47)27-17-9-5-10-18-27/h5-24,31-38,43-44H,25-26H2,1-4H3/t31-,32-,33-,34+,35+,36+,37-,38-,43+,44-/m1/s1. The Balaban J connectivity index is 1.16. The lowest BCUT2D eigenvalue weighted by Crippen LogP contribution is -2.64. The van der Waals surface area contributed by atoms with Crippen LogP contribution in [0.5, 0.6) is 0 Å². The van der Waals surface area contributed by atoms with E-state index in [1.807, 2.05) is 0 Å². The van der Waals surface area contributed by atoms with E-state index in [1.54, 1.807) is 137 Å². The van der Waals surface area contributed by atoms with Gasteiger partial charge < -0.3 is 52.1 Å². The van der Waals surface area contributed by atoms with Crippen molar-refractivity contribution in [2.45, 2.75) is 101 Å². The number of rotatable bonds is 12. The van der Waals surface area contributed by atoms with Crippen LogP contribution in [0.15, 0.2) is 121 Å². The van der Waals surface area contributed by atoms with Crippen LogP contribution in [-0.2, 0) is 52.1 Å². The molecular formula is C46H46O15. The number of benzene rings is 4. The molecule has 4 aromatic carbocycles. The van der Waals surface area contributed by atoms with Crippen molar-refractivity contribution in [3.05, 3.63) is 144 Å². The third-order valence-corrected chi connectivity index (χ3v) is 10.4.